The molecule has 0 N–H and O–H groups in total. The molecule has 0 spiro atoms. The van der Waals surface area contributed by atoms with Gasteiger partial charge in [-0.15, -0.1) is 11.3 Å². The minimum absolute atomic E-state index is 0.0417. The Balaban J connectivity index is 1.80. The largest absolute Gasteiger partial charge is 0.496 e. The van der Waals surface area contributed by atoms with Crippen LogP contribution in [-0.4, -0.2) is 12.9 Å². The molecule has 0 bridgehead atoms. The van der Waals surface area contributed by atoms with Crippen LogP contribution in [0.15, 0.2) is 36.4 Å². The first-order valence-electron chi connectivity index (χ1n) is 9.89. The number of methoxy groups -OCH3 is 1. The fraction of sp³-hybridized carbons (Fsp3) is 0.208. The van der Waals surface area contributed by atoms with Crippen molar-refractivity contribution in [2.24, 2.45) is 0 Å². The molecule has 1 aromatic heterocycles. The topological polar surface area (TPSA) is 35.5 Å². The lowest BCUT2D eigenvalue weighted by Gasteiger charge is -2.15. The summed E-state index contributed by atoms with van der Waals surface area (Å²) in [4.78, 5) is 14.5. The molecule has 2 aromatic carbocycles. The van der Waals surface area contributed by atoms with Crippen LogP contribution in [0.2, 0.25) is 25.1 Å². The lowest BCUT2D eigenvalue weighted by Crippen LogP contribution is -2.01. The van der Waals surface area contributed by atoms with Crippen molar-refractivity contribution in [1.29, 1.82) is 0 Å². The number of benzene rings is 2. The minimum atomic E-state index is -0.0417. The van der Waals surface area contributed by atoms with Gasteiger partial charge in [-0.25, -0.2) is 0 Å². The number of thiophene rings is 1. The second-order valence-electron chi connectivity index (χ2n) is 6.97. The Morgan fingerprint density at radius 1 is 0.970 bits per heavy atom. The summed E-state index contributed by atoms with van der Waals surface area (Å²) in [6, 6.07) is 9.35. The van der Waals surface area contributed by atoms with E-state index in [1.54, 1.807) is 25.3 Å². The van der Waals surface area contributed by atoms with Crippen molar-refractivity contribution in [3.8, 4) is 11.5 Å². The van der Waals surface area contributed by atoms with Crippen molar-refractivity contribution < 1.29 is 14.3 Å². The van der Waals surface area contributed by atoms with Crippen molar-refractivity contribution >= 4 is 81.2 Å². The summed E-state index contributed by atoms with van der Waals surface area (Å²) in [5, 5.41) is 0.300. The normalized spacial score (nSPS) is 11.2. The second-order valence-corrected chi connectivity index (χ2v) is 10.0. The molecule has 3 aromatic rings. The van der Waals surface area contributed by atoms with E-state index in [4.69, 9.17) is 67.5 Å². The lowest BCUT2D eigenvalue weighted by molar-refractivity contribution is 0.105. The van der Waals surface area contributed by atoms with E-state index in [0.717, 1.165) is 18.4 Å². The van der Waals surface area contributed by atoms with E-state index in [1.807, 2.05) is 24.3 Å². The van der Waals surface area contributed by atoms with Gasteiger partial charge in [-0.3, -0.25) is 4.79 Å². The predicted octanol–water partition coefficient (Wildman–Crippen LogP) is 9.45. The number of ether oxygens (including phenoxy) is 2. The standard InChI is InChI=1S/C24H19Cl5O3S/c1-3-4-15-7-10-18(33-15)16(30)8-5-13-6-9-17(31-2)14(11-13)12-32-24-22(28)20(26)19(25)21(27)23(24)29/h5-11H,3-4,12H2,1-2H3/b8-5+. The van der Waals surface area contributed by atoms with E-state index >= 15 is 0 Å². The van der Waals surface area contributed by atoms with Crippen LogP contribution >= 0.6 is 69.3 Å². The predicted molar refractivity (Wildman–Crippen MR) is 140 cm³/mol. The quantitative estimate of drug-likeness (QED) is 0.112. The van der Waals surface area contributed by atoms with Gasteiger partial charge in [0.25, 0.3) is 0 Å². The maximum atomic E-state index is 12.5. The number of hydrogen-bond acceptors (Lipinski definition) is 4. The van der Waals surface area contributed by atoms with Crippen molar-refractivity contribution in [2.75, 3.05) is 7.11 Å². The Hall–Kier alpha value is -1.40. The van der Waals surface area contributed by atoms with Crippen LogP contribution in [0.3, 0.4) is 0 Å². The van der Waals surface area contributed by atoms with E-state index in [1.165, 1.54) is 16.2 Å². The maximum absolute atomic E-state index is 12.5. The first-order valence-corrected chi connectivity index (χ1v) is 12.6. The molecule has 3 nitrogen and oxygen atoms in total. The summed E-state index contributed by atoms with van der Waals surface area (Å²) in [7, 11) is 1.55. The third kappa shape index (κ3) is 6.19. The SMILES string of the molecule is CCCc1ccc(C(=O)/C=C/c2ccc(OC)c(COc3c(Cl)c(Cl)c(Cl)c(Cl)c3Cl)c2)s1. The molecule has 0 aliphatic heterocycles. The average molecular weight is 565 g/mol. The lowest BCUT2D eigenvalue weighted by atomic mass is 10.1. The van der Waals surface area contributed by atoms with Gasteiger partial charge in [0.2, 0.25) is 0 Å². The van der Waals surface area contributed by atoms with E-state index in [2.05, 4.69) is 6.92 Å². The summed E-state index contributed by atoms with van der Waals surface area (Å²) >= 11 is 32.3. The molecular weight excluding hydrogens is 546 g/mol. The Morgan fingerprint density at radius 2 is 1.64 bits per heavy atom. The highest BCUT2D eigenvalue weighted by Gasteiger charge is 2.21. The van der Waals surface area contributed by atoms with Gasteiger partial charge in [0.15, 0.2) is 11.5 Å². The summed E-state index contributed by atoms with van der Waals surface area (Å²) < 4.78 is 11.3. The van der Waals surface area contributed by atoms with E-state index < -0.39 is 0 Å². The molecule has 0 aliphatic carbocycles. The van der Waals surface area contributed by atoms with Crippen molar-refractivity contribution in [3.05, 3.63) is 82.4 Å². The molecule has 9 heteroatoms. The first-order chi connectivity index (χ1) is 15.8. The smallest absolute Gasteiger partial charge is 0.195 e. The van der Waals surface area contributed by atoms with Crippen LogP contribution in [0.4, 0.5) is 0 Å². The fourth-order valence-electron chi connectivity index (χ4n) is 3.02. The van der Waals surface area contributed by atoms with E-state index in [-0.39, 0.29) is 43.3 Å². The molecule has 0 fully saturated rings. The van der Waals surface area contributed by atoms with E-state index in [9.17, 15) is 4.79 Å². The van der Waals surface area contributed by atoms with Crippen LogP contribution in [-0.2, 0) is 13.0 Å². The molecule has 3 rings (SSSR count). The maximum Gasteiger partial charge on any atom is 0.195 e. The van der Waals surface area contributed by atoms with Gasteiger partial charge in [-0.1, -0.05) is 83.5 Å². The van der Waals surface area contributed by atoms with Crippen LogP contribution < -0.4 is 9.47 Å². The molecule has 33 heavy (non-hydrogen) atoms. The number of halogens is 5. The molecule has 0 saturated carbocycles. The molecule has 0 unspecified atom stereocenters. The average Bonchev–Trinajstić information content (AvgIpc) is 3.29. The van der Waals surface area contributed by atoms with Gasteiger partial charge >= 0.3 is 0 Å². The fourth-order valence-corrected chi connectivity index (χ4v) is 5.28. The molecule has 0 atom stereocenters. The zero-order chi connectivity index (χ0) is 24.1. The molecule has 0 radical (unpaired) electrons. The Morgan fingerprint density at radius 3 is 2.27 bits per heavy atom. The number of aryl methyl sites for hydroxylation is 1. The number of ketones is 1. The van der Waals surface area contributed by atoms with Crippen LogP contribution in [0.1, 0.15) is 39.0 Å². The number of carbonyl (C=O) groups excluding carboxylic acids is 1. The van der Waals surface area contributed by atoms with Gasteiger partial charge in [0.1, 0.15) is 22.4 Å². The second kappa shape index (κ2) is 11.8. The third-order valence-electron chi connectivity index (χ3n) is 4.67. The van der Waals surface area contributed by atoms with Crippen LogP contribution in [0.25, 0.3) is 6.08 Å². The molecule has 1 heterocycles. The Kier molecular flexibility index (Phi) is 9.40. The summed E-state index contributed by atoms with van der Waals surface area (Å²) in [5.41, 5.74) is 1.51. The molecule has 0 aliphatic rings. The van der Waals surface area contributed by atoms with E-state index in [0.29, 0.717) is 16.2 Å². The monoisotopic (exact) mass is 562 g/mol. The highest BCUT2D eigenvalue weighted by molar-refractivity contribution is 7.14. The Bertz CT molecular complexity index is 1170. The van der Waals surface area contributed by atoms with Crippen molar-refractivity contribution in [1.82, 2.24) is 0 Å². The minimum Gasteiger partial charge on any atom is -0.496 e. The first kappa shape index (κ1) is 26.2. The van der Waals surface area contributed by atoms with Crippen LogP contribution in [0.5, 0.6) is 11.5 Å². The van der Waals surface area contributed by atoms with Gasteiger partial charge in [0.05, 0.1) is 27.1 Å². The number of rotatable bonds is 9. The third-order valence-corrected chi connectivity index (χ3v) is 8.08. The van der Waals surface area contributed by atoms with Gasteiger partial charge in [0, 0.05) is 10.4 Å². The summed E-state index contributed by atoms with van der Waals surface area (Å²) in [6.07, 6.45) is 5.33. The molecule has 174 valence electrons. The summed E-state index contributed by atoms with van der Waals surface area (Å²) in [5.74, 6) is 0.677. The van der Waals surface area contributed by atoms with Gasteiger partial charge in [-0.05, 0) is 42.3 Å². The van der Waals surface area contributed by atoms with Gasteiger partial charge < -0.3 is 9.47 Å². The molecule has 0 saturated heterocycles. The molecular formula is C24H19Cl5O3S. The Labute approximate surface area is 221 Å². The number of carbonyl (C=O) groups is 1. The number of allylic oxidation sites excluding steroid dienone is 1. The zero-order valence-corrected chi connectivity index (χ0v) is 22.3. The van der Waals surface area contributed by atoms with Crippen LogP contribution in [0, 0.1) is 0 Å². The van der Waals surface area contributed by atoms with Crippen molar-refractivity contribution in [3.63, 3.8) is 0 Å². The highest BCUT2D eigenvalue weighted by atomic mass is 35.5. The zero-order valence-electron chi connectivity index (χ0n) is 17.7. The number of hydrogen-bond donors (Lipinski definition) is 0. The molecule has 0 amide bonds. The van der Waals surface area contributed by atoms with Gasteiger partial charge in [-0.2, -0.15) is 0 Å². The van der Waals surface area contributed by atoms with Crippen molar-refractivity contribution in [2.45, 2.75) is 26.4 Å². The summed E-state index contributed by atoms with van der Waals surface area (Å²) in [6.45, 7) is 2.18. The highest BCUT2D eigenvalue weighted by Crippen LogP contribution is 2.48.